The molecule has 0 spiro atoms. The van der Waals surface area contributed by atoms with Gasteiger partial charge in [0.05, 0.1) is 42.9 Å². The van der Waals surface area contributed by atoms with Gasteiger partial charge < -0.3 is 0 Å². The minimum Gasteiger partial charge on any atom is -0.276 e. The molecule has 0 amide bonds. The van der Waals surface area contributed by atoms with Gasteiger partial charge in [0, 0.05) is 86.8 Å². The average Bonchev–Trinajstić information content (AvgIpc) is 1.73. The summed E-state index contributed by atoms with van der Waals surface area (Å²) in [5.41, 5.74) is 11.4. The summed E-state index contributed by atoms with van der Waals surface area (Å²) in [7, 11) is 0. The number of hydrogen-bond acceptors (Lipinski definition) is 8. The maximum absolute atomic E-state index is 5.68. The van der Waals surface area contributed by atoms with Gasteiger partial charge in [0.1, 0.15) is 0 Å². The normalized spacial score (nSPS) is 12.3. The second kappa shape index (κ2) is 18.1. The molecule has 0 aliphatic rings. The van der Waals surface area contributed by atoms with Gasteiger partial charge in [-0.05, 0) is 115 Å². The molecule has 0 saturated heterocycles. The van der Waals surface area contributed by atoms with Gasteiger partial charge in [-0.2, -0.15) is 9.97 Å². The fourth-order valence-electron chi connectivity index (χ4n) is 14.4. The molecule has 20 rings (SSSR count). The summed E-state index contributed by atoms with van der Waals surface area (Å²) in [4.78, 5) is 32.0. The molecule has 0 fully saturated rings. The second-order valence-corrected chi connectivity index (χ2v) is 25.0. The molecule has 10 heteroatoms. The predicted octanol–water partition coefficient (Wildman–Crippen LogP) is 20.9. The number of thiophene rings is 2. The SMILES string of the molecule is c1ccc2cc(-c3nc(-n4c5cc(-c6ccc7sc8c(c7c6)c6ccccc6c6c7ccccc7n(-c7nc(-c9cccc%10ccccc9%10)c9cccnc9n7)c86)ccc5c5c6ccccc6c6c7ccccc7sc6c54)nc4ncccc34)ccc2c1. The molecule has 0 N–H and O–H groups in total. The molecule has 20 aromatic rings. The summed E-state index contributed by atoms with van der Waals surface area (Å²) in [6, 6.07) is 87.6. The summed E-state index contributed by atoms with van der Waals surface area (Å²) >= 11 is 3.67. The van der Waals surface area contributed by atoms with Crippen molar-refractivity contribution >= 4 is 172 Å². The summed E-state index contributed by atoms with van der Waals surface area (Å²) in [5, 5.41) is 20.7. The van der Waals surface area contributed by atoms with Gasteiger partial charge >= 0.3 is 0 Å². The first-order chi connectivity index (χ1) is 43.6. The number of hydrogen-bond donors (Lipinski definition) is 0. The molecule has 0 radical (unpaired) electrons. The van der Waals surface area contributed by atoms with E-state index in [9.17, 15) is 0 Å². The van der Waals surface area contributed by atoms with Crippen molar-refractivity contribution in [3.05, 3.63) is 255 Å². The number of nitrogens with zero attached hydrogens (tertiary/aromatic N) is 8. The third-order valence-electron chi connectivity index (χ3n) is 18.2. The van der Waals surface area contributed by atoms with E-state index in [1.165, 1.54) is 78.0 Å². The van der Waals surface area contributed by atoms with Crippen molar-refractivity contribution in [3.8, 4) is 45.5 Å². The largest absolute Gasteiger partial charge is 0.276 e. The highest BCUT2D eigenvalue weighted by molar-refractivity contribution is 7.27. The third kappa shape index (κ3) is 6.72. The first-order valence-corrected chi connectivity index (χ1v) is 31.1. The Labute approximate surface area is 508 Å². The van der Waals surface area contributed by atoms with Crippen LogP contribution in [0.25, 0.3) is 195 Å². The van der Waals surface area contributed by atoms with E-state index in [1.807, 2.05) is 47.2 Å². The predicted molar refractivity (Wildman–Crippen MR) is 369 cm³/mol. The Hall–Kier alpha value is -11.3. The van der Waals surface area contributed by atoms with Crippen molar-refractivity contribution in [2.45, 2.75) is 0 Å². The Balaban J connectivity index is 0.861. The number of pyridine rings is 2. The van der Waals surface area contributed by atoms with E-state index in [-0.39, 0.29) is 0 Å². The maximum atomic E-state index is 5.68. The quantitative estimate of drug-likeness (QED) is 0.171. The minimum absolute atomic E-state index is 0.570. The molecule has 0 aliphatic heterocycles. The molecule has 0 saturated carbocycles. The molecule has 12 aromatic carbocycles. The van der Waals surface area contributed by atoms with Gasteiger partial charge in [-0.25, -0.2) is 19.9 Å². The lowest BCUT2D eigenvalue weighted by Gasteiger charge is -2.13. The lowest BCUT2D eigenvalue weighted by atomic mass is 9.96. The average molecular weight is 1160 g/mol. The molecule has 0 aliphatic carbocycles. The van der Waals surface area contributed by atoms with Gasteiger partial charge in [0.15, 0.2) is 11.3 Å². The fraction of sp³-hybridized carbons (Fsp3) is 0. The number of aromatic nitrogens is 8. The first kappa shape index (κ1) is 48.0. The van der Waals surface area contributed by atoms with Crippen LogP contribution >= 0.6 is 22.7 Å². The van der Waals surface area contributed by atoms with E-state index in [4.69, 9.17) is 29.9 Å². The number of para-hydroxylation sites is 1. The van der Waals surface area contributed by atoms with Crippen molar-refractivity contribution in [2.24, 2.45) is 0 Å². The van der Waals surface area contributed by atoms with Gasteiger partial charge in [-0.15, -0.1) is 22.7 Å². The first-order valence-electron chi connectivity index (χ1n) is 29.5. The van der Waals surface area contributed by atoms with E-state index >= 15 is 0 Å². The molecule has 8 nitrogen and oxygen atoms in total. The van der Waals surface area contributed by atoms with Gasteiger partial charge in [-0.1, -0.05) is 182 Å². The standard InChI is InChI=1S/C78H42N8S2/c1-2-18-45-40-48(33-32-43(45)16-1)69-58-28-14-38-79-75(58)83-77(81-69)86-62-42-47(34-36-56(62)66-50-21-5-7-23-52(50)67-57-26-10-12-31-63(57)87-73(67)72(66)86)46-35-37-64-60(41-46)68-53-24-8-6-22-51(53)65-55-25-9-11-30-61(55)85(71(65)74(68)88-64)78-82-70(59-29-15-39-80-76(59)84-78)54-27-13-19-44-17-3-4-20-49(44)54/h1-42H. The topological polar surface area (TPSA) is 87.2 Å². The van der Waals surface area contributed by atoms with Gasteiger partial charge in [-0.3, -0.25) is 9.13 Å². The maximum Gasteiger partial charge on any atom is 0.237 e. The van der Waals surface area contributed by atoms with Crippen LogP contribution < -0.4 is 0 Å². The molecule has 88 heavy (non-hydrogen) atoms. The van der Waals surface area contributed by atoms with E-state index < -0.39 is 0 Å². The molecule has 8 heterocycles. The van der Waals surface area contributed by atoms with Crippen LogP contribution in [0.15, 0.2) is 255 Å². The van der Waals surface area contributed by atoms with Crippen LogP contribution in [0.2, 0.25) is 0 Å². The molecular weight excluding hydrogens is 1110 g/mol. The van der Waals surface area contributed by atoms with Crippen LogP contribution in [0.4, 0.5) is 0 Å². The summed E-state index contributed by atoms with van der Waals surface area (Å²) in [6.45, 7) is 0. The molecule has 8 aromatic heterocycles. The van der Waals surface area contributed by atoms with Crippen molar-refractivity contribution in [3.63, 3.8) is 0 Å². The fourth-order valence-corrected chi connectivity index (χ4v) is 16.9. The third-order valence-corrected chi connectivity index (χ3v) is 20.6. The zero-order chi connectivity index (χ0) is 57.3. The Kier molecular flexibility index (Phi) is 9.88. The van der Waals surface area contributed by atoms with Crippen molar-refractivity contribution in [1.29, 1.82) is 0 Å². The lowest BCUT2D eigenvalue weighted by Crippen LogP contribution is -2.04. The Bertz CT molecular complexity index is 6460. The number of fused-ring (bicyclic) bond motifs is 24. The number of rotatable bonds is 5. The molecule has 0 unspecified atom stereocenters. The van der Waals surface area contributed by atoms with Crippen LogP contribution in [-0.4, -0.2) is 39.0 Å². The van der Waals surface area contributed by atoms with Crippen molar-refractivity contribution in [2.75, 3.05) is 0 Å². The smallest absolute Gasteiger partial charge is 0.237 e. The molecule has 406 valence electrons. The second-order valence-electron chi connectivity index (χ2n) is 22.9. The highest BCUT2D eigenvalue weighted by Gasteiger charge is 2.27. The monoisotopic (exact) mass is 1150 g/mol. The summed E-state index contributed by atoms with van der Waals surface area (Å²) in [6.07, 6.45) is 3.66. The Morgan fingerprint density at radius 3 is 1.51 bits per heavy atom. The van der Waals surface area contributed by atoms with Crippen molar-refractivity contribution < 1.29 is 0 Å². The Morgan fingerprint density at radius 2 is 0.784 bits per heavy atom. The zero-order valence-corrected chi connectivity index (χ0v) is 48.3. The van der Waals surface area contributed by atoms with E-state index in [1.54, 1.807) is 0 Å². The molecular formula is C78H42N8S2. The summed E-state index contributed by atoms with van der Waals surface area (Å²) in [5.74, 6) is 1.15. The minimum atomic E-state index is 0.570. The zero-order valence-electron chi connectivity index (χ0n) is 46.6. The van der Waals surface area contributed by atoms with Crippen LogP contribution in [0, 0.1) is 0 Å². The van der Waals surface area contributed by atoms with E-state index in [0.717, 1.165) is 93.4 Å². The van der Waals surface area contributed by atoms with Crippen molar-refractivity contribution in [1.82, 2.24) is 39.0 Å². The highest BCUT2D eigenvalue weighted by Crippen LogP contribution is 2.51. The van der Waals surface area contributed by atoms with Crippen LogP contribution in [0.5, 0.6) is 0 Å². The van der Waals surface area contributed by atoms with E-state index in [0.29, 0.717) is 23.2 Å². The number of benzene rings is 12. The van der Waals surface area contributed by atoms with Gasteiger partial charge in [0.2, 0.25) is 11.9 Å². The highest BCUT2D eigenvalue weighted by atomic mass is 32.1. The molecule has 0 bridgehead atoms. The summed E-state index contributed by atoms with van der Waals surface area (Å²) < 4.78 is 9.44. The van der Waals surface area contributed by atoms with Crippen LogP contribution in [0.1, 0.15) is 0 Å². The molecule has 0 atom stereocenters. The van der Waals surface area contributed by atoms with Crippen LogP contribution in [-0.2, 0) is 0 Å². The lowest BCUT2D eigenvalue weighted by molar-refractivity contribution is 1.01. The van der Waals surface area contributed by atoms with E-state index in [2.05, 4.69) is 240 Å². The van der Waals surface area contributed by atoms with Gasteiger partial charge in [0.25, 0.3) is 0 Å². The van der Waals surface area contributed by atoms with Crippen LogP contribution in [0.3, 0.4) is 0 Å². The Morgan fingerprint density at radius 1 is 0.284 bits per heavy atom.